The van der Waals surface area contributed by atoms with Gasteiger partial charge in [-0.2, -0.15) is 0 Å². The Morgan fingerprint density at radius 1 is 0.929 bits per heavy atom. The molecule has 5 nitrogen and oxygen atoms in total. The van der Waals surface area contributed by atoms with Gasteiger partial charge in [-0.15, -0.1) is 0 Å². The van der Waals surface area contributed by atoms with E-state index in [1.54, 1.807) is 7.11 Å². The van der Waals surface area contributed by atoms with Gasteiger partial charge in [-0.3, -0.25) is 0 Å². The topological polar surface area (TPSA) is 48.0 Å². The van der Waals surface area contributed by atoms with Crippen LogP contribution in [0, 0.1) is 0 Å². The van der Waals surface area contributed by atoms with Crippen LogP contribution in [-0.4, -0.2) is 46.5 Å². The molecular weight excluding hydrogens is 354 g/mol. The van der Waals surface area contributed by atoms with Gasteiger partial charge in [0.15, 0.2) is 0 Å². The molecule has 0 aromatic heterocycles. The molecule has 0 aliphatic carbocycles. The molecular formula is C23H23NO4. The second-order valence-electron chi connectivity index (χ2n) is 6.75. The summed E-state index contributed by atoms with van der Waals surface area (Å²) >= 11 is 0. The van der Waals surface area contributed by atoms with E-state index in [-0.39, 0.29) is 5.97 Å². The molecule has 1 heterocycles. The Bertz CT molecular complexity index is 1010. The normalized spacial score (nSPS) is 14.1. The second-order valence-corrected chi connectivity index (χ2v) is 6.75. The first-order valence-electron chi connectivity index (χ1n) is 9.33. The average molecular weight is 377 g/mol. The molecule has 4 rings (SSSR count). The van der Waals surface area contributed by atoms with Gasteiger partial charge in [0.1, 0.15) is 5.75 Å². The molecule has 1 aliphatic rings. The second kappa shape index (κ2) is 7.90. The van der Waals surface area contributed by atoms with Crippen LogP contribution >= 0.6 is 0 Å². The van der Waals surface area contributed by atoms with Crippen LogP contribution < -0.4 is 9.64 Å². The van der Waals surface area contributed by atoms with Crippen LogP contribution in [0.3, 0.4) is 0 Å². The fourth-order valence-corrected chi connectivity index (χ4v) is 3.60. The molecule has 1 fully saturated rings. The van der Waals surface area contributed by atoms with E-state index < -0.39 is 0 Å². The lowest BCUT2D eigenvalue weighted by atomic mass is 9.97. The highest BCUT2D eigenvalue weighted by atomic mass is 16.5. The summed E-state index contributed by atoms with van der Waals surface area (Å²) in [4.78, 5) is 14.3. The van der Waals surface area contributed by atoms with Gasteiger partial charge in [-0.1, -0.05) is 24.3 Å². The first-order valence-corrected chi connectivity index (χ1v) is 9.33. The van der Waals surface area contributed by atoms with Crippen molar-refractivity contribution in [3.63, 3.8) is 0 Å². The molecule has 28 heavy (non-hydrogen) atoms. The Hall–Kier alpha value is -3.05. The summed E-state index contributed by atoms with van der Waals surface area (Å²) in [5.41, 5.74) is 3.78. The van der Waals surface area contributed by atoms with Crippen LogP contribution in [-0.2, 0) is 9.47 Å². The monoisotopic (exact) mass is 377 g/mol. The van der Waals surface area contributed by atoms with Crippen molar-refractivity contribution in [3.05, 3.63) is 60.2 Å². The van der Waals surface area contributed by atoms with Gasteiger partial charge in [-0.25, -0.2) is 4.79 Å². The molecule has 1 saturated heterocycles. The van der Waals surface area contributed by atoms with Crippen molar-refractivity contribution in [2.24, 2.45) is 0 Å². The summed E-state index contributed by atoms with van der Waals surface area (Å²) in [6, 6.07) is 18.2. The number of morpholine rings is 1. The van der Waals surface area contributed by atoms with Crippen LogP contribution in [0.4, 0.5) is 5.69 Å². The number of esters is 1. The summed E-state index contributed by atoms with van der Waals surface area (Å²) in [6.45, 7) is 2.95. The number of carbonyl (C=O) groups is 1. The Morgan fingerprint density at radius 3 is 2.43 bits per heavy atom. The molecule has 144 valence electrons. The SMILES string of the molecule is COC(=O)c1ccc(-c2ccc3cc(OC)ccc3c2)c(N2CCOCC2)c1. The Morgan fingerprint density at radius 2 is 1.68 bits per heavy atom. The van der Waals surface area contributed by atoms with E-state index in [9.17, 15) is 4.79 Å². The number of fused-ring (bicyclic) bond motifs is 1. The maximum Gasteiger partial charge on any atom is 0.337 e. The van der Waals surface area contributed by atoms with Crippen molar-refractivity contribution in [2.45, 2.75) is 0 Å². The molecule has 0 amide bonds. The van der Waals surface area contributed by atoms with E-state index in [0.717, 1.165) is 46.4 Å². The standard InChI is InChI=1S/C23H23NO4/c1-26-20-7-5-16-13-18(4-3-17(16)14-20)21-8-6-19(23(25)27-2)15-22(21)24-9-11-28-12-10-24/h3-8,13-15H,9-12H2,1-2H3. The van der Waals surface area contributed by atoms with E-state index in [0.29, 0.717) is 18.8 Å². The van der Waals surface area contributed by atoms with Gasteiger partial charge >= 0.3 is 5.97 Å². The van der Waals surface area contributed by atoms with Crippen LogP contribution in [0.1, 0.15) is 10.4 Å². The Balaban J connectivity index is 1.81. The van der Waals surface area contributed by atoms with E-state index in [1.807, 2.05) is 30.3 Å². The molecule has 0 spiro atoms. The highest BCUT2D eigenvalue weighted by Crippen LogP contribution is 2.35. The summed E-state index contributed by atoms with van der Waals surface area (Å²) in [5, 5.41) is 2.27. The van der Waals surface area contributed by atoms with Gasteiger partial charge in [0.05, 0.1) is 33.0 Å². The van der Waals surface area contributed by atoms with Crippen molar-refractivity contribution in [2.75, 3.05) is 45.4 Å². The quantitative estimate of drug-likeness (QED) is 0.640. The Kier molecular flexibility index (Phi) is 5.17. The number of hydrogen-bond donors (Lipinski definition) is 0. The minimum atomic E-state index is -0.327. The highest BCUT2D eigenvalue weighted by Gasteiger charge is 2.18. The zero-order valence-electron chi connectivity index (χ0n) is 16.1. The molecule has 0 saturated carbocycles. The molecule has 0 N–H and O–H groups in total. The number of rotatable bonds is 4. The minimum Gasteiger partial charge on any atom is -0.497 e. The van der Waals surface area contributed by atoms with Crippen molar-refractivity contribution in [3.8, 4) is 16.9 Å². The number of anilines is 1. The van der Waals surface area contributed by atoms with Crippen molar-refractivity contribution in [1.29, 1.82) is 0 Å². The van der Waals surface area contributed by atoms with E-state index in [1.165, 1.54) is 7.11 Å². The fraction of sp³-hybridized carbons (Fsp3) is 0.261. The molecule has 3 aromatic carbocycles. The minimum absolute atomic E-state index is 0.327. The lowest BCUT2D eigenvalue weighted by molar-refractivity contribution is 0.0601. The lowest BCUT2D eigenvalue weighted by Gasteiger charge is -2.31. The average Bonchev–Trinajstić information content (AvgIpc) is 2.78. The molecule has 5 heteroatoms. The zero-order valence-corrected chi connectivity index (χ0v) is 16.1. The number of methoxy groups -OCH3 is 2. The maximum absolute atomic E-state index is 12.1. The van der Waals surface area contributed by atoms with Crippen LogP contribution in [0.5, 0.6) is 5.75 Å². The van der Waals surface area contributed by atoms with Crippen molar-refractivity contribution < 1.29 is 19.0 Å². The summed E-state index contributed by atoms with van der Waals surface area (Å²) in [7, 11) is 3.08. The van der Waals surface area contributed by atoms with Gasteiger partial charge in [0.25, 0.3) is 0 Å². The lowest BCUT2D eigenvalue weighted by Crippen LogP contribution is -2.36. The molecule has 0 bridgehead atoms. The van der Waals surface area contributed by atoms with Crippen LogP contribution in [0.2, 0.25) is 0 Å². The predicted octanol–water partition coefficient (Wildman–Crippen LogP) is 4.14. The zero-order chi connectivity index (χ0) is 19.5. The van der Waals surface area contributed by atoms with E-state index in [4.69, 9.17) is 14.2 Å². The summed E-state index contributed by atoms with van der Waals surface area (Å²) in [5.74, 6) is 0.517. The van der Waals surface area contributed by atoms with Gasteiger partial charge < -0.3 is 19.1 Å². The van der Waals surface area contributed by atoms with Crippen molar-refractivity contribution >= 4 is 22.4 Å². The van der Waals surface area contributed by atoms with Crippen LogP contribution in [0.25, 0.3) is 21.9 Å². The largest absolute Gasteiger partial charge is 0.497 e. The van der Waals surface area contributed by atoms with Gasteiger partial charge in [0, 0.05) is 24.3 Å². The summed E-state index contributed by atoms with van der Waals surface area (Å²) < 4.78 is 15.7. The van der Waals surface area contributed by atoms with Gasteiger partial charge in [-0.05, 0) is 46.7 Å². The van der Waals surface area contributed by atoms with E-state index >= 15 is 0 Å². The molecule has 1 aliphatic heterocycles. The van der Waals surface area contributed by atoms with E-state index in [2.05, 4.69) is 29.2 Å². The molecule has 3 aromatic rings. The highest BCUT2D eigenvalue weighted by molar-refractivity contribution is 5.95. The number of hydrogen-bond acceptors (Lipinski definition) is 5. The molecule has 0 atom stereocenters. The first-order chi connectivity index (χ1) is 13.7. The number of nitrogens with zero attached hydrogens (tertiary/aromatic N) is 1. The summed E-state index contributed by atoms with van der Waals surface area (Å²) in [6.07, 6.45) is 0. The number of carbonyl (C=O) groups excluding carboxylic acids is 1. The fourth-order valence-electron chi connectivity index (χ4n) is 3.60. The third kappa shape index (κ3) is 3.53. The van der Waals surface area contributed by atoms with Crippen LogP contribution in [0.15, 0.2) is 54.6 Å². The number of benzene rings is 3. The first kappa shape index (κ1) is 18.3. The maximum atomic E-state index is 12.1. The Labute approximate surface area is 164 Å². The predicted molar refractivity (Wildman–Crippen MR) is 110 cm³/mol. The third-order valence-corrected chi connectivity index (χ3v) is 5.13. The van der Waals surface area contributed by atoms with Gasteiger partial charge in [0.2, 0.25) is 0 Å². The molecule has 0 unspecified atom stereocenters. The van der Waals surface area contributed by atoms with Crippen molar-refractivity contribution in [1.82, 2.24) is 0 Å². The smallest absolute Gasteiger partial charge is 0.337 e. The number of ether oxygens (including phenoxy) is 3. The third-order valence-electron chi connectivity index (χ3n) is 5.13. The molecule has 0 radical (unpaired) electrons.